The maximum atomic E-state index is 13.7. The number of aliphatic hydroxyl groups excluding tert-OH is 1. The van der Waals surface area contributed by atoms with E-state index in [1.807, 2.05) is 13.0 Å². The molecule has 7 nitrogen and oxygen atoms in total. The maximum Gasteiger partial charge on any atom is 0.303 e. The number of fused-ring (bicyclic) bond motifs is 7. The summed E-state index contributed by atoms with van der Waals surface area (Å²) in [6.07, 6.45) is 8.04. The Labute approximate surface area is 200 Å². The molecule has 4 aliphatic carbocycles. The Morgan fingerprint density at radius 1 is 1.29 bits per heavy atom. The molecule has 7 heteroatoms. The van der Waals surface area contributed by atoms with Crippen molar-refractivity contribution in [2.75, 3.05) is 6.61 Å². The van der Waals surface area contributed by atoms with Crippen LogP contribution in [0, 0.1) is 28.6 Å². The van der Waals surface area contributed by atoms with E-state index >= 15 is 0 Å². The van der Waals surface area contributed by atoms with Gasteiger partial charge in [-0.2, -0.15) is 0 Å². The normalized spacial score (nSPS) is 46.7. The van der Waals surface area contributed by atoms with Gasteiger partial charge in [0.25, 0.3) is 0 Å². The molecule has 9 atom stereocenters. The molecule has 1 heterocycles. The smallest absolute Gasteiger partial charge is 0.303 e. The molecule has 1 saturated heterocycles. The van der Waals surface area contributed by atoms with E-state index in [1.54, 1.807) is 12.2 Å². The lowest BCUT2D eigenvalue weighted by Gasteiger charge is -2.59. The van der Waals surface area contributed by atoms with Crippen LogP contribution in [0.2, 0.25) is 0 Å². The first kappa shape index (κ1) is 23.9. The first-order valence-corrected chi connectivity index (χ1v) is 12.7. The lowest BCUT2D eigenvalue weighted by Crippen LogP contribution is -2.63. The van der Waals surface area contributed by atoms with E-state index in [2.05, 4.69) is 13.8 Å². The Bertz CT molecular complexity index is 968. The van der Waals surface area contributed by atoms with Crippen molar-refractivity contribution in [3.63, 3.8) is 0 Å². The number of hydrogen-bond donors (Lipinski definition) is 1. The zero-order chi connectivity index (χ0) is 24.5. The largest absolute Gasteiger partial charge is 0.458 e. The van der Waals surface area contributed by atoms with Gasteiger partial charge in [0, 0.05) is 23.7 Å². The molecular formula is C27H36O7. The van der Waals surface area contributed by atoms with Gasteiger partial charge in [0.05, 0.1) is 12.2 Å². The summed E-state index contributed by atoms with van der Waals surface area (Å²) in [4.78, 5) is 37.3. The van der Waals surface area contributed by atoms with Crippen molar-refractivity contribution in [3.05, 3.63) is 23.8 Å². The first-order chi connectivity index (χ1) is 16.1. The first-order valence-electron chi connectivity index (χ1n) is 12.7. The fourth-order valence-corrected chi connectivity index (χ4v) is 8.28. The maximum absolute atomic E-state index is 13.7. The van der Waals surface area contributed by atoms with Crippen LogP contribution in [-0.2, 0) is 28.6 Å². The fraction of sp³-hybridized carbons (Fsp3) is 0.741. The van der Waals surface area contributed by atoms with Gasteiger partial charge >= 0.3 is 5.97 Å². The monoisotopic (exact) mass is 472 g/mol. The lowest BCUT2D eigenvalue weighted by molar-refractivity contribution is -0.201. The van der Waals surface area contributed by atoms with Crippen LogP contribution in [0.4, 0.5) is 0 Å². The number of carbonyl (C=O) groups excluding carboxylic acids is 3. The van der Waals surface area contributed by atoms with Gasteiger partial charge in [0.15, 0.2) is 24.3 Å². The minimum absolute atomic E-state index is 0.00949. The molecule has 0 radical (unpaired) electrons. The fourth-order valence-electron chi connectivity index (χ4n) is 8.28. The van der Waals surface area contributed by atoms with Crippen molar-refractivity contribution in [2.24, 2.45) is 28.6 Å². The molecule has 5 aliphatic rings. The summed E-state index contributed by atoms with van der Waals surface area (Å²) in [6, 6.07) is 0. The summed E-state index contributed by atoms with van der Waals surface area (Å²) in [5, 5.41) is 11.7. The predicted molar refractivity (Wildman–Crippen MR) is 122 cm³/mol. The van der Waals surface area contributed by atoms with Crippen LogP contribution in [0.5, 0.6) is 0 Å². The lowest BCUT2D eigenvalue weighted by atomic mass is 9.46. The van der Waals surface area contributed by atoms with Gasteiger partial charge in [0.1, 0.15) is 0 Å². The number of ketones is 2. The Morgan fingerprint density at radius 3 is 2.76 bits per heavy atom. The van der Waals surface area contributed by atoms with Gasteiger partial charge in [-0.05, 0) is 56.1 Å². The summed E-state index contributed by atoms with van der Waals surface area (Å²) < 4.78 is 18.0. The minimum atomic E-state index is -1.24. The molecule has 3 saturated carbocycles. The van der Waals surface area contributed by atoms with E-state index in [1.165, 1.54) is 6.92 Å². The molecule has 0 aromatic heterocycles. The van der Waals surface area contributed by atoms with E-state index in [0.717, 1.165) is 24.8 Å². The van der Waals surface area contributed by atoms with Crippen molar-refractivity contribution in [1.29, 1.82) is 0 Å². The Balaban J connectivity index is 1.53. The molecular weight excluding hydrogens is 436 g/mol. The molecule has 5 rings (SSSR count). The van der Waals surface area contributed by atoms with Crippen molar-refractivity contribution >= 4 is 17.5 Å². The molecule has 1 aliphatic heterocycles. The van der Waals surface area contributed by atoms with Crippen LogP contribution in [0.3, 0.4) is 0 Å². The van der Waals surface area contributed by atoms with E-state index in [4.69, 9.17) is 14.2 Å². The van der Waals surface area contributed by atoms with E-state index in [-0.39, 0.29) is 41.3 Å². The second kappa shape index (κ2) is 8.10. The number of rotatable bonds is 5. The number of aliphatic hydroxyl groups is 1. The summed E-state index contributed by atoms with van der Waals surface area (Å²) >= 11 is 0. The van der Waals surface area contributed by atoms with Crippen molar-refractivity contribution < 1.29 is 33.7 Å². The van der Waals surface area contributed by atoms with Gasteiger partial charge in [-0.15, -0.1) is 0 Å². The number of Topliss-reactive ketones (excluding diaryl/α,β-unsaturated/α-hetero) is 1. The standard InChI is InChI=1S/C27H36O7/c1-5-6-23-33-22-12-19-18-8-7-16-11-17(29)9-10-25(16,3)24(18)20(30)13-26(19,4)27(22,34-23)21(31)14-32-15(2)28/h9-11,18-20,22-24,30H,5-8,12-14H2,1-4H3/t18-,19+,20-,22-,23+,24-,25-,26-,27+/m0/s1. The number of ether oxygens (including phenoxy) is 3. The second-order valence-corrected chi connectivity index (χ2v) is 11.3. The van der Waals surface area contributed by atoms with E-state index in [0.29, 0.717) is 19.3 Å². The highest BCUT2D eigenvalue weighted by Crippen LogP contribution is 2.69. The van der Waals surface area contributed by atoms with Crippen LogP contribution >= 0.6 is 0 Å². The molecule has 186 valence electrons. The molecule has 0 aromatic rings. The summed E-state index contributed by atoms with van der Waals surface area (Å²) in [7, 11) is 0. The van der Waals surface area contributed by atoms with Crippen molar-refractivity contribution in [3.8, 4) is 0 Å². The summed E-state index contributed by atoms with van der Waals surface area (Å²) in [6.45, 7) is 7.18. The van der Waals surface area contributed by atoms with Crippen LogP contribution in [0.15, 0.2) is 23.8 Å². The topological polar surface area (TPSA) is 99.1 Å². The third-order valence-electron chi connectivity index (χ3n) is 9.63. The van der Waals surface area contributed by atoms with Gasteiger partial charge in [-0.1, -0.05) is 38.8 Å². The number of carbonyl (C=O) groups is 3. The highest BCUT2D eigenvalue weighted by molar-refractivity contribution is 6.01. The molecule has 0 bridgehead atoms. The van der Waals surface area contributed by atoms with Crippen LogP contribution in [-0.4, -0.2) is 53.3 Å². The van der Waals surface area contributed by atoms with Gasteiger partial charge in [0.2, 0.25) is 5.78 Å². The molecule has 4 fully saturated rings. The molecule has 34 heavy (non-hydrogen) atoms. The zero-order valence-corrected chi connectivity index (χ0v) is 20.5. The Hall–Kier alpha value is -1.83. The van der Waals surface area contributed by atoms with Gasteiger partial charge < -0.3 is 19.3 Å². The van der Waals surface area contributed by atoms with Crippen molar-refractivity contribution in [1.82, 2.24) is 0 Å². The van der Waals surface area contributed by atoms with Crippen LogP contribution < -0.4 is 0 Å². The third kappa shape index (κ3) is 3.16. The van der Waals surface area contributed by atoms with Gasteiger partial charge in [-0.3, -0.25) is 14.4 Å². The predicted octanol–water partition coefficient (Wildman–Crippen LogP) is 3.29. The summed E-state index contributed by atoms with van der Waals surface area (Å²) in [5.41, 5.74) is -1.17. The average Bonchev–Trinajstić information content (AvgIpc) is 3.25. The zero-order valence-electron chi connectivity index (χ0n) is 20.5. The van der Waals surface area contributed by atoms with E-state index < -0.39 is 35.5 Å². The quantitative estimate of drug-likeness (QED) is 0.613. The second-order valence-electron chi connectivity index (χ2n) is 11.3. The third-order valence-corrected chi connectivity index (χ3v) is 9.63. The molecule has 0 unspecified atom stereocenters. The van der Waals surface area contributed by atoms with E-state index in [9.17, 15) is 19.5 Å². The highest BCUT2D eigenvalue weighted by Gasteiger charge is 2.75. The van der Waals surface area contributed by atoms with Gasteiger partial charge in [-0.25, -0.2) is 0 Å². The molecule has 0 amide bonds. The molecule has 0 aromatic carbocycles. The molecule has 1 N–H and O–H groups in total. The van der Waals surface area contributed by atoms with Crippen LogP contribution in [0.1, 0.15) is 66.2 Å². The summed E-state index contributed by atoms with van der Waals surface area (Å²) in [5.74, 6) is -0.538. The van der Waals surface area contributed by atoms with Crippen LogP contribution in [0.25, 0.3) is 0 Å². The van der Waals surface area contributed by atoms with Crippen molar-refractivity contribution in [2.45, 2.75) is 90.3 Å². The number of allylic oxidation sites excluding steroid dienone is 4. The average molecular weight is 473 g/mol. The highest BCUT2D eigenvalue weighted by atomic mass is 16.7. The number of esters is 1. The molecule has 0 spiro atoms. The minimum Gasteiger partial charge on any atom is -0.458 e. The SMILES string of the molecule is CCC[C@@H]1O[C@H]2C[C@@H]3[C@@H]4CCC5=CC(=O)C=C[C@]5(C)[C@@H]4[C@@H](O)C[C@]3(C)[C@]2(C(=O)COC(C)=O)O1. The Morgan fingerprint density at radius 2 is 2.06 bits per heavy atom. The Kier molecular flexibility index (Phi) is 5.69. The number of hydrogen-bond acceptors (Lipinski definition) is 7.